The van der Waals surface area contributed by atoms with E-state index in [-0.39, 0.29) is 11.9 Å². The van der Waals surface area contributed by atoms with Crippen molar-refractivity contribution >= 4 is 5.82 Å². The zero-order chi connectivity index (χ0) is 10.3. The number of nitro groups is 1. The molecule has 1 aromatic rings. The molecular formula is C8H12N4O2. The summed E-state index contributed by atoms with van der Waals surface area (Å²) in [6, 6.07) is 0.0926. The molecule has 1 atom stereocenters. The van der Waals surface area contributed by atoms with Crippen molar-refractivity contribution < 1.29 is 4.92 Å². The van der Waals surface area contributed by atoms with Gasteiger partial charge in [-0.05, 0) is 22.7 Å². The summed E-state index contributed by atoms with van der Waals surface area (Å²) in [5, 5.41) is 10.7. The van der Waals surface area contributed by atoms with Crippen LogP contribution in [0, 0.1) is 17.0 Å². The molecule has 6 nitrogen and oxygen atoms in total. The number of fused-ring (bicyclic) bond motifs is 1. The van der Waals surface area contributed by atoms with Gasteiger partial charge in [0.05, 0.1) is 0 Å². The number of nitrogens with two attached hydrogens (primary N) is 1. The highest BCUT2D eigenvalue weighted by atomic mass is 16.6. The quantitative estimate of drug-likeness (QED) is 0.519. The minimum absolute atomic E-state index is 0.00519. The second kappa shape index (κ2) is 3.06. The summed E-state index contributed by atoms with van der Waals surface area (Å²) in [4.78, 5) is 14.2. The molecule has 0 fully saturated rings. The van der Waals surface area contributed by atoms with Gasteiger partial charge in [0.25, 0.3) is 0 Å². The van der Waals surface area contributed by atoms with E-state index in [1.165, 1.54) is 0 Å². The third-order valence-corrected chi connectivity index (χ3v) is 2.58. The summed E-state index contributed by atoms with van der Waals surface area (Å²) in [7, 11) is 0. The second-order valence-corrected chi connectivity index (χ2v) is 3.60. The Morgan fingerprint density at radius 1 is 1.71 bits per heavy atom. The molecule has 2 rings (SSSR count). The molecule has 0 aromatic carbocycles. The summed E-state index contributed by atoms with van der Waals surface area (Å²) >= 11 is 0. The van der Waals surface area contributed by atoms with Gasteiger partial charge < -0.3 is 20.4 Å². The van der Waals surface area contributed by atoms with Crippen molar-refractivity contribution in [3.8, 4) is 0 Å². The van der Waals surface area contributed by atoms with Gasteiger partial charge in [-0.2, -0.15) is 0 Å². The molecule has 1 unspecified atom stereocenters. The van der Waals surface area contributed by atoms with Crippen LogP contribution in [0.15, 0.2) is 0 Å². The Kier molecular flexibility index (Phi) is 1.99. The monoisotopic (exact) mass is 196 g/mol. The average molecular weight is 196 g/mol. The van der Waals surface area contributed by atoms with Gasteiger partial charge in [0.1, 0.15) is 5.69 Å². The van der Waals surface area contributed by atoms with Crippen molar-refractivity contribution in [1.29, 1.82) is 0 Å². The first-order valence-corrected chi connectivity index (χ1v) is 4.55. The van der Waals surface area contributed by atoms with E-state index in [0.29, 0.717) is 24.5 Å². The van der Waals surface area contributed by atoms with E-state index in [1.807, 2.05) is 4.57 Å². The predicted molar refractivity (Wildman–Crippen MR) is 49.9 cm³/mol. The maximum Gasteiger partial charge on any atom is 0.385 e. The molecule has 0 radical (unpaired) electrons. The Labute approximate surface area is 80.9 Å². The fraction of sp³-hybridized carbons (Fsp3) is 0.625. The largest absolute Gasteiger partial charge is 0.385 e. The van der Waals surface area contributed by atoms with Crippen LogP contribution in [0.25, 0.3) is 0 Å². The van der Waals surface area contributed by atoms with Crippen LogP contribution in [-0.4, -0.2) is 20.5 Å². The topological polar surface area (TPSA) is 87.0 Å². The molecule has 6 heteroatoms. The molecule has 0 spiro atoms. The number of aromatic nitrogens is 2. The lowest BCUT2D eigenvalue weighted by atomic mass is 10.1. The average Bonchev–Trinajstić information content (AvgIpc) is 2.44. The van der Waals surface area contributed by atoms with Gasteiger partial charge in [-0.3, -0.25) is 0 Å². The van der Waals surface area contributed by atoms with E-state index in [4.69, 9.17) is 5.73 Å². The molecule has 0 saturated carbocycles. The van der Waals surface area contributed by atoms with Crippen LogP contribution >= 0.6 is 0 Å². The van der Waals surface area contributed by atoms with E-state index in [1.54, 1.807) is 6.92 Å². The molecule has 2 N–H and O–H groups in total. The van der Waals surface area contributed by atoms with E-state index >= 15 is 0 Å². The van der Waals surface area contributed by atoms with Crippen LogP contribution in [0.3, 0.4) is 0 Å². The molecule has 1 aliphatic rings. The Morgan fingerprint density at radius 3 is 3.07 bits per heavy atom. The lowest BCUT2D eigenvalue weighted by Gasteiger charge is -2.19. The summed E-state index contributed by atoms with van der Waals surface area (Å²) < 4.78 is 1.85. The zero-order valence-electron chi connectivity index (χ0n) is 7.93. The van der Waals surface area contributed by atoms with E-state index < -0.39 is 4.92 Å². The molecule has 76 valence electrons. The smallest absolute Gasteiger partial charge is 0.358 e. The fourth-order valence-corrected chi connectivity index (χ4v) is 1.88. The lowest BCUT2D eigenvalue weighted by molar-refractivity contribution is -0.390. The summed E-state index contributed by atoms with van der Waals surface area (Å²) in [5.74, 6) is 0.677. The summed E-state index contributed by atoms with van der Waals surface area (Å²) in [6.45, 7) is 2.41. The third-order valence-electron chi connectivity index (χ3n) is 2.58. The van der Waals surface area contributed by atoms with Crippen molar-refractivity contribution in [2.24, 2.45) is 5.73 Å². The molecule has 2 heterocycles. The molecule has 0 bridgehead atoms. The van der Waals surface area contributed by atoms with Crippen LogP contribution in [-0.2, 0) is 13.0 Å². The van der Waals surface area contributed by atoms with Crippen LogP contribution in [0.1, 0.15) is 17.9 Å². The first-order valence-electron chi connectivity index (χ1n) is 4.55. The van der Waals surface area contributed by atoms with Crippen molar-refractivity contribution in [3.63, 3.8) is 0 Å². The maximum absolute atomic E-state index is 10.7. The van der Waals surface area contributed by atoms with Crippen molar-refractivity contribution in [2.75, 3.05) is 0 Å². The number of nitrogens with zero attached hydrogens (tertiary/aromatic N) is 3. The standard InChI is InChI=1S/C8H12N4O2/c1-5-10-8(12(13)14)7-3-2-6(9)4-11(5)7/h6H,2-4,9H2,1H3. The minimum atomic E-state index is -0.421. The molecule has 14 heavy (non-hydrogen) atoms. The maximum atomic E-state index is 10.7. The Balaban J connectivity index is 2.49. The Morgan fingerprint density at radius 2 is 2.43 bits per heavy atom. The minimum Gasteiger partial charge on any atom is -0.358 e. The van der Waals surface area contributed by atoms with E-state index in [2.05, 4.69) is 4.98 Å². The van der Waals surface area contributed by atoms with Crippen molar-refractivity contribution in [1.82, 2.24) is 9.55 Å². The highest BCUT2D eigenvalue weighted by Gasteiger charge is 2.29. The van der Waals surface area contributed by atoms with Gasteiger partial charge in [0, 0.05) is 19.5 Å². The van der Waals surface area contributed by atoms with Gasteiger partial charge in [-0.1, -0.05) is 0 Å². The molecular weight excluding hydrogens is 184 g/mol. The molecule has 0 saturated heterocycles. The van der Waals surface area contributed by atoms with Gasteiger partial charge in [-0.15, -0.1) is 0 Å². The van der Waals surface area contributed by atoms with Crippen molar-refractivity contribution in [2.45, 2.75) is 32.4 Å². The van der Waals surface area contributed by atoms with Crippen LogP contribution in [0.5, 0.6) is 0 Å². The highest BCUT2D eigenvalue weighted by molar-refractivity contribution is 5.31. The molecule has 1 aromatic heterocycles. The SMILES string of the molecule is Cc1nc([N+](=O)[O-])c2n1CC(N)CC2. The number of rotatable bonds is 1. The molecule has 0 amide bonds. The number of imidazole rings is 1. The normalized spacial score (nSPS) is 20.6. The van der Waals surface area contributed by atoms with Gasteiger partial charge >= 0.3 is 5.82 Å². The zero-order valence-corrected chi connectivity index (χ0v) is 7.93. The van der Waals surface area contributed by atoms with Gasteiger partial charge in [-0.25, -0.2) is 0 Å². The van der Waals surface area contributed by atoms with Crippen molar-refractivity contribution in [3.05, 3.63) is 21.6 Å². The fourth-order valence-electron chi connectivity index (χ4n) is 1.88. The second-order valence-electron chi connectivity index (χ2n) is 3.60. The number of hydrogen-bond acceptors (Lipinski definition) is 4. The highest BCUT2D eigenvalue weighted by Crippen LogP contribution is 2.25. The Hall–Kier alpha value is -1.43. The van der Waals surface area contributed by atoms with Crippen LogP contribution in [0.4, 0.5) is 5.82 Å². The first kappa shape index (κ1) is 9.14. The van der Waals surface area contributed by atoms with E-state index in [9.17, 15) is 10.1 Å². The Bertz CT molecular complexity index is 385. The van der Waals surface area contributed by atoms with E-state index in [0.717, 1.165) is 6.42 Å². The lowest BCUT2D eigenvalue weighted by Crippen LogP contribution is -2.32. The first-order chi connectivity index (χ1) is 6.59. The molecule has 0 aliphatic carbocycles. The number of aryl methyl sites for hydroxylation is 1. The summed E-state index contributed by atoms with van der Waals surface area (Å²) in [5.41, 5.74) is 6.50. The predicted octanol–water partition coefficient (Wildman–Crippen LogP) is 0.373. The molecule has 1 aliphatic heterocycles. The van der Waals surface area contributed by atoms with Gasteiger partial charge in [0.15, 0.2) is 0 Å². The van der Waals surface area contributed by atoms with Crippen LogP contribution in [0.2, 0.25) is 0 Å². The van der Waals surface area contributed by atoms with Crippen LogP contribution < -0.4 is 5.73 Å². The third kappa shape index (κ3) is 1.27. The van der Waals surface area contributed by atoms with Gasteiger partial charge in [0.2, 0.25) is 5.82 Å². The summed E-state index contributed by atoms with van der Waals surface area (Å²) in [6.07, 6.45) is 1.45. The number of hydrogen-bond donors (Lipinski definition) is 1.